The first-order valence-corrected chi connectivity index (χ1v) is 10.5. The second-order valence-electron chi connectivity index (χ2n) is 6.73. The van der Waals surface area contributed by atoms with Gasteiger partial charge in [-0.2, -0.15) is 0 Å². The minimum atomic E-state index is -0.00238. The molecule has 22 heavy (non-hydrogen) atoms. The minimum absolute atomic E-state index is 0.00238. The fourth-order valence-electron chi connectivity index (χ4n) is 2.51. The van der Waals surface area contributed by atoms with Gasteiger partial charge in [0.2, 0.25) is 0 Å². The third-order valence-corrected chi connectivity index (χ3v) is 4.51. The second kappa shape index (κ2) is 17.3. The van der Waals surface area contributed by atoms with Gasteiger partial charge < -0.3 is 4.74 Å². The van der Waals surface area contributed by atoms with Crippen molar-refractivity contribution in [3.8, 4) is 0 Å². The van der Waals surface area contributed by atoms with Crippen molar-refractivity contribution in [3.05, 3.63) is 0 Å². The highest BCUT2D eigenvalue weighted by atomic mass is 79.9. The molecule has 0 aromatic carbocycles. The second-order valence-corrected chi connectivity index (χ2v) is 7.52. The molecule has 0 saturated heterocycles. The molecule has 0 amide bonds. The third kappa shape index (κ3) is 18.0. The van der Waals surface area contributed by atoms with Gasteiger partial charge in [0, 0.05) is 11.8 Å². The Morgan fingerprint density at radius 2 is 1.36 bits per heavy atom. The molecule has 3 heteroatoms. The monoisotopic (exact) mass is 376 g/mol. The van der Waals surface area contributed by atoms with Crippen molar-refractivity contribution < 1.29 is 9.53 Å². The maximum atomic E-state index is 11.5. The Hall–Kier alpha value is -0.0500. The lowest BCUT2D eigenvalue weighted by atomic mass is 10.0. The van der Waals surface area contributed by atoms with Crippen molar-refractivity contribution >= 4 is 21.9 Å². The first-order valence-electron chi connectivity index (χ1n) is 9.38. The van der Waals surface area contributed by atoms with Crippen molar-refractivity contribution in [2.45, 2.75) is 97.3 Å². The van der Waals surface area contributed by atoms with E-state index in [1.165, 1.54) is 57.8 Å². The summed E-state index contributed by atoms with van der Waals surface area (Å²) in [6.45, 7) is 5.20. The van der Waals surface area contributed by atoms with Crippen molar-refractivity contribution in [3.63, 3.8) is 0 Å². The minimum Gasteiger partial charge on any atom is -0.466 e. The molecule has 0 unspecified atom stereocenters. The highest BCUT2D eigenvalue weighted by molar-refractivity contribution is 9.09. The molecule has 0 atom stereocenters. The van der Waals surface area contributed by atoms with E-state index < -0.39 is 0 Å². The molecule has 0 aliphatic heterocycles. The Kier molecular flexibility index (Phi) is 17.3. The molecule has 0 heterocycles. The zero-order chi connectivity index (χ0) is 16.5. The molecule has 0 rings (SSSR count). The summed E-state index contributed by atoms with van der Waals surface area (Å²) >= 11 is 3.43. The van der Waals surface area contributed by atoms with Gasteiger partial charge in [0.25, 0.3) is 0 Å². The van der Waals surface area contributed by atoms with Crippen LogP contribution >= 0.6 is 15.9 Å². The summed E-state index contributed by atoms with van der Waals surface area (Å²) in [6, 6.07) is 0. The van der Waals surface area contributed by atoms with Crippen LogP contribution in [0.25, 0.3) is 0 Å². The Labute approximate surface area is 146 Å². The first kappa shape index (κ1) is 21.9. The van der Waals surface area contributed by atoms with Crippen LogP contribution in [0.2, 0.25) is 0 Å². The number of alkyl halides is 1. The van der Waals surface area contributed by atoms with E-state index in [0.29, 0.717) is 13.0 Å². The molecule has 0 aromatic heterocycles. The van der Waals surface area contributed by atoms with Crippen molar-refractivity contribution in [2.24, 2.45) is 5.92 Å². The maximum Gasteiger partial charge on any atom is 0.305 e. The highest BCUT2D eigenvalue weighted by Crippen LogP contribution is 2.11. The van der Waals surface area contributed by atoms with E-state index in [1.807, 2.05) is 0 Å². The molecular weight excluding hydrogens is 340 g/mol. The number of halogens is 1. The van der Waals surface area contributed by atoms with Crippen LogP contribution in [0.4, 0.5) is 0 Å². The van der Waals surface area contributed by atoms with Crippen molar-refractivity contribution in [1.82, 2.24) is 0 Å². The predicted molar refractivity (Wildman–Crippen MR) is 99.6 cm³/mol. The normalized spacial score (nSPS) is 11.1. The van der Waals surface area contributed by atoms with Gasteiger partial charge >= 0.3 is 5.97 Å². The molecule has 0 spiro atoms. The smallest absolute Gasteiger partial charge is 0.305 e. The zero-order valence-electron chi connectivity index (χ0n) is 14.9. The van der Waals surface area contributed by atoms with Crippen LogP contribution in [0.3, 0.4) is 0 Å². The molecule has 0 bridgehead atoms. The fourth-order valence-corrected chi connectivity index (χ4v) is 2.91. The number of esters is 1. The average molecular weight is 377 g/mol. The summed E-state index contributed by atoms with van der Waals surface area (Å²) in [5, 5.41) is 1.09. The number of rotatable bonds is 16. The molecule has 0 aromatic rings. The maximum absolute atomic E-state index is 11.5. The van der Waals surface area contributed by atoms with Gasteiger partial charge in [-0.15, -0.1) is 0 Å². The molecule has 0 aliphatic rings. The highest BCUT2D eigenvalue weighted by Gasteiger charge is 2.02. The fraction of sp³-hybridized carbons (Fsp3) is 0.947. The third-order valence-electron chi connectivity index (χ3n) is 3.95. The van der Waals surface area contributed by atoms with Gasteiger partial charge in [-0.3, -0.25) is 4.79 Å². The first-order chi connectivity index (χ1) is 10.7. The number of carbonyl (C=O) groups excluding carboxylic acids is 1. The van der Waals surface area contributed by atoms with E-state index in [1.54, 1.807) is 0 Å². The van der Waals surface area contributed by atoms with Crippen molar-refractivity contribution in [2.75, 3.05) is 11.9 Å². The molecule has 0 radical (unpaired) electrons. The average Bonchev–Trinajstić information content (AvgIpc) is 2.48. The van der Waals surface area contributed by atoms with Crippen LogP contribution in [0, 0.1) is 5.92 Å². The molecule has 0 saturated carbocycles. The van der Waals surface area contributed by atoms with Gasteiger partial charge in [-0.25, -0.2) is 0 Å². The summed E-state index contributed by atoms with van der Waals surface area (Å²) in [5.41, 5.74) is 0. The lowest BCUT2D eigenvalue weighted by molar-refractivity contribution is -0.143. The van der Waals surface area contributed by atoms with Gasteiger partial charge in [-0.1, -0.05) is 87.6 Å². The lowest BCUT2D eigenvalue weighted by Crippen LogP contribution is -2.05. The number of hydrogen-bond acceptors (Lipinski definition) is 2. The van der Waals surface area contributed by atoms with Crippen LogP contribution in [-0.2, 0) is 9.53 Å². The van der Waals surface area contributed by atoms with Crippen LogP contribution < -0.4 is 0 Å². The summed E-state index contributed by atoms with van der Waals surface area (Å²) in [4.78, 5) is 11.5. The number of carbonyl (C=O) groups is 1. The Balaban J connectivity index is 3.15. The van der Waals surface area contributed by atoms with E-state index in [4.69, 9.17) is 4.74 Å². The predicted octanol–water partition coefficient (Wildman–Crippen LogP) is 6.65. The number of unbranched alkanes of at least 4 members (excludes halogenated alkanes) is 9. The summed E-state index contributed by atoms with van der Waals surface area (Å²) in [6.07, 6.45) is 15.4. The van der Waals surface area contributed by atoms with E-state index in [2.05, 4.69) is 29.8 Å². The van der Waals surface area contributed by atoms with E-state index in [0.717, 1.165) is 30.5 Å². The van der Waals surface area contributed by atoms with Crippen LogP contribution in [0.15, 0.2) is 0 Å². The van der Waals surface area contributed by atoms with E-state index in [9.17, 15) is 4.79 Å². The summed E-state index contributed by atoms with van der Waals surface area (Å²) in [7, 11) is 0. The topological polar surface area (TPSA) is 26.3 Å². The molecule has 0 fully saturated rings. The SMILES string of the molecule is CC(C)CCCCCCCCOC(=O)CCCCCCCBr. The van der Waals surface area contributed by atoms with Gasteiger partial charge in [0.1, 0.15) is 0 Å². The van der Waals surface area contributed by atoms with Gasteiger partial charge in [0.05, 0.1) is 6.61 Å². The van der Waals surface area contributed by atoms with Crippen LogP contribution in [-0.4, -0.2) is 17.9 Å². The summed E-state index contributed by atoms with van der Waals surface area (Å²) in [5.74, 6) is 0.834. The quantitative estimate of drug-likeness (QED) is 0.171. The Morgan fingerprint density at radius 3 is 2.00 bits per heavy atom. The Morgan fingerprint density at radius 1 is 0.818 bits per heavy atom. The Bertz CT molecular complexity index is 242. The molecular formula is C19H37BrO2. The molecule has 132 valence electrons. The largest absolute Gasteiger partial charge is 0.466 e. The number of ether oxygens (including phenoxy) is 1. The zero-order valence-corrected chi connectivity index (χ0v) is 16.5. The van der Waals surface area contributed by atoms with E-state index in [-0.39, 0.29) is 5.97 Å². The van der Waals surface area contributed by atoms with Crippen LogP contribution in [0.1, 0.15) is 97.3 Å². The van der Waals surface area contributed by atoms with E-state index >= 15 is 0 Å². The summed E-state index contributed by atoms with van der Waals surface area (Å²) < 4.78 is 5.28. The van der Waals surface area contributed by atoms with Crippen molar-refractivity contribution in [1.29, 1.82) is 0 Å². The van der Waals surface area contributed by atoms with Gasteiger partial charge in [0.15, 0.2) is 0 Å². The molecule has 2 nitrogen and oxygen atoms in total. The van der Waals surface area contributed by atoms with Gasteiger partial charge in [-0.05, 0) is 25.2 Å². The van der Waals surface area contributed by atoms with Crippen LogP contribution in [0.5, 0.6) is 0 Å². The lowest BCUT2D eigenvalue weighted by Gasteiger charge is -2.06. The molecule has 0 aliphatic carbocycles. The standard InChI is InChI=1S/C19H37BrO2/c1-18(2)14-10-6-3-4-9-13-17-22-19(21)15-11-7-5-8-12-16-20/h18H,3-17H2,1-2H3. The molecule has 0 N–H and O–H groups in total. The number of hydrogen-bond donors (Lipinski definition) is 0.